The number of ether oxygens (including phenoxy) is 1. The van der Waals surface area contributed by atoms with Crippen LogP contribution in [0.15, 0.2) is 30.3 Å². The van der Waals surface area contributed by atoms with E-state index in [1.165, 1.54) is 68.9 Å². The maximum absolute atomic E-state index is 5.96. The fourth-order valence-electron chi connectivity index (χ4n) is 3.72. The molecule has 1 aromatic carbocycles. The van der Waals surface area contributed by atoms with E-state index in [0.29, 0.717) is 6.10 Å². The van der Waals surface area contributed by atoms with E-state index < -0.39 is 0 Å². The number of hydrogen-bond acceptors (Lipinski definition) is 1. The van der Waals surface area contributed by atoms with Gasteiger partial charge >= 0.3 is 0 Å². The Morgan fingerprint density at radius 3 is 2.46 bits per heavy atom. The third-order valence-electron chi connectivity index (χ3n) is 5.24. The van der Waals surface area contributed by atoms with Gasteiger partial charge < -0.3 is 4.74 Å². The predicted molar refractivity (Wildman–Crippen MR) is 106 cm³/mol. The molecule has 1 aliphatic carbocycles. The molecule has 0 spiro atoms. The van der Waals surface area contributed by atoms with Gasteiger partial charge in [-0.2, -0.15) is 0 Å². The first-order valence-electron chi connectivity index (χ1n) is 10.2. The van der Waals surface area contributed by atoms with E-state index >= 15 is 0 Å². The molecule has 2 rings (SSSR count). The van der Waals surface area contributed by atoms with Gasteiger partial charge in [0.25, 0.3) is 0 Å². The topological polar surface area (TPSA) is 9.23 Å². The summed E-state index contributed by atoms with van der Waals surface area (Å²) in [4.78, 5) is 0. The summed E-state index contributed by atoms with van der Waals surface area (Å²) >= 11 is 0. The molecule has 0 aliphatic heterocycles. The highest BCUT2D eigenvalue weighted by Gasteiger charge is 2.15. The molecule has 0 radical (unpaired) electrons. The van der Waals surface area contributed by atoms with Crippen LogP contribution >= 0.6 is 0 Å². The average Bonchev–Trinajstić information content (AvgIpc) is 2.60. The van der Waals surface area contributed by atoms with Crippen molar-refractivity contribution >= 4 is 5.57 Å². The van der Waals surface area contributed by atoms with Crippen molar-refractivity contribution in [1.29, 1.82) is 0 Å². The van der Waals surface area contributed by atoms with Crippen LogP contribution in [0.3, 0.4) is 0 Å². The van der Waals surface area contributed by atoms with E-state index in [4.69, 9.17) is 4.74 Å². The summed E-state index contributed by atoms with van der Waals surface area (Å²) in [5.41, 5.74) is 2.92. The first-order chi connectivity index (χ1) is 11.7. The first-order valence-corrected chi connectivity index (χ1v) is 10.2. The Morgan fingerprint density at radius 1 is 1.04 bits per heavy atom. The van der Waals surface area contributed by atoms with E-state index in [1.807, 2.05) is 0 Å². The molecule has 0 aromatic heterocycles. The Morgan fingerprint density at radius 2 is 1.83 bits per heavy atom. The second-order valence-corrected chi connectivity index (χ2v) is 7.46. The predicted octanol–water partition coefficient (Wildman–Crippen LogP) is 7.41. The second kappa shape index (κ2) is 10.6. The molecule has 0 heterocycles. The molecule has 2 unspecified atom stereocenters. The van der Waals surface area contributed by atoms with E-state index in [2.05, 4.69) is 51.1 Å². The van der Waals surface area contributed by atoms with Gasteiger partial charge in [0.2, 0.25) is 0 Å². The van der Waals surface area contributed by atoms with E-state index in [9.17, 15) is 0 Å². The monoisotopic (exact) mass is 328 g/mol. The van der Waals surface area contributed by atoms with Gasteiger partial charge in [0.15, 0.2) is 0 Å². The molecule has 2 atom stereocenters. The minimum atomic E-state index is 0.309. The van der Waals surface area contributed by atoms with E-state index in [1.54, 1.807) is 0 Å². The quantitative estimate of drug-likeness (QED) is 0.406. The van der Waals surface area contributed by atoms with Crippen LogP contribution in [0.2, 0.25) is 0 Å². The minimum Gasteiger partial charge on any atom is -0.491 e. The Bertz CT molecular complexity index is 485. The van der Waals surface area contributed by atoms with Gasteiger partial charge in [-0.05, 0) is 61.8 Å². The zero-order valence-corrected chi connectivity index (χ0v) is 16.0. The van der Waals surface area contributed by atoms with Gasteiger partial charge in [-0.3, -0.25) is 0 Å². The third kappa shape index (κ3) is 6.34. The molecule has 1 nitrogen and oxygen atoms in total. The lowest BCUT2D eigenvalue weighted by Gasteiger charge is -2.22. The third-order valence-corrected chi connectivity index (χ3v) is 5.24. The zero-order chi connectivity index (χ0) is 17.2. The Kier molecular flexibility index (Phi) is 8.42. The van der Waals surface area contributed by atoms with Crippen LogP contribution in [0, 0.1) is 5.92 Å². The van der Waals surface area contributed by atoms with Crippen LogP contribution < -0.4 is 4.74 Å². The number of rotatable bonds is 10. The van der Waals surface area contributed by atoms with Gasteiger partial charge in [-0.25, -0.2) is 0 Å². The molecule has 0 amide bonds. The summed E-state index contributed by atoms with van der Waals surface area (Å²) in [5.74, 6) is 1.92. The van der Waals surface area contributed by atoms with Crippen LogP contribution in [-0.2, 0) is 0 Å². The van der Waals surface area contributed by atoms with Crippen molar-refractivity contribution in [3.05, 3.63) is 35.9 Å². The normalized spacial score (nSPS) is 19.0. The van der Waals surface area contributed by atoms with Crippen molar-refractivity contribution in [3.63, 3.8) is 0 Å². The summed E-state index contributed by atoms with van der Waals surface area (Å²) in [7, 11) is 0. The maximum Gasteiger partial charge on any atom is 0.119 e. The standard InChI is InChI=1S/C23H36O/c1-4-6-7-8-10-20-11-13-21(14-12-20)22-15-17-23(18-16-22)24-19(3)9-5-2/h13,15-20H,4-12,14H2,1-3H3. The molecular formula is C23H36O. The van der Waals surface area contributed by atoms with Gasteiger partial charge in [0.05, 0.1) is 6.10 Å². The highest BCUT2D eigenvalue weighted by atomic mass is 16.5. The van der Waals surface area contributed by atoms with Crippen molar-refractivity contribution in [3.8, 4) is 5.75 Å². The molecule has 0 N–H and O–H groups in total. The lowest BCUT2D eigenvalue weighted by molar-refractivity contribution is 0.210. The summed E-state index contributed by atoms with van der Waals surface area (Å²) in [6.07, 6.45) is 16.0. The molecule has 24 heavy (non-hydrogen) atoms. The van der Waals surface area contributed by atoms with Crippen LogP contribution in [0.25, 0.3) is 5.57 Å². The van der Waals surface area contributed by atoms with Crippen molar-refractivity contribution in [2.75, 3.05) is 0 Å². The van der Waals surface area contributed by atoms with Crippen molar-refractivity contribution in [1.82, 2.24) is 0 Å². The molecule has 0 saturated heterocycles. The fraction of sp³-hybridized carbons (Fsp3) is 0.652. The maximum atomic E-state index is 5.96. The summed E-state index contributed by atoms with van der Waals surface area (Å²) in [6.45, 7) is 6.65. The van der Waals surface area contributed by atoms with Crippen LogP contribution in [0.5, 0.6) is 5.75 Å². The average molecular weight is 329 g/mol. The molecule has 0 bridgehead atoms. The summed E-state index contributed by atoms with van der Waals surface area (Å²) < 4.78 is 5.96. The molecule has 0 saturated carbocycles. The number of allylic oxidation sites excluding steroid dienone is 2. The van der Waals surface area contributed by atoms with Crippen molar-refractivity contribution in [2.24, 2.45) is 5.92 Å². The van der Waals surface area contributed by atoms with E-state index in [0.717, 1.165) is 18.1 Å². The summed E-state index contributed by atoms with van der Waals surface area (Å²) in [5, 5.41) is 0. The smallest absolute Gasteiger partial charge is 0.119 e. The number of unbranched alkanes of at least 4 members (excludes halogenated alkanes) is 3. The Labute approximate surface area is 149 Å². The van der Waals surface area contributed by atoms with Gasteiger partial charge in [-0.1, -0.05) is 70.6 Å². The Hall–Kier alpha value is -1.24. The van der Waals surface area contributed by atoms with Crippen LogP contribution in [-0.4, -0.2) is 6.10 Å². The molecule has 1 aliphatic rings. The number of hydrogen-bond donors (Lipinski definition) is 0. The Balaban J connectivity index is 1.81. The lowest BCUT2D eigenvalue weighted by atomic mass is 9.84. The largest absolute Gasteiger partial charge is 0.491 e. The van der Waals surface area contributed by atoms with E-state index in [-0.39, 0.29) is 0 Å². The SMILES string of the molecule is CCCCCCC1CC=C(c2ccc(OC(C)CCC)cc2)CC1. The minimum absolute atomic E-state index is 0.309. The molecule has 1 aromatic rings. The van der Waals surface area contributed by atoms with Crippen molar-refractivity contribution in [2.45, 2.75) is 91.1 Å². The molecule has 0 fully saturated rings. The van der Waals surface area contributed by atoms with Crippen molar-refractivity contribution < 1.29 is 4.74 Å². The lowest BCUT2D eigenvalue weighted by Crippen LogP contribution is -2.10. The van der Waals surface area contributed by atoms with Gasteiger partial charge in [0, 0.05) is 0 Å². The molecule has 134 valence electrons. The number of benzene rings is 1. The highest BCUT2D eigenvalue weighted by Crippen LogP contribution is 2.33. The zero-order valence-electron chi connectivity index (χ0n) is 16.0. The first kappa shape index (κ1) is 19.1. The molecular weight excluding hydrogens is 292 g/mol. The van der Waals surface area contributed by atoms with Gasteiger partial charge in [0.1, 0.15) is 5.75 Å². The highest BCUT2D eigenvalue weighted by molar-refractivity contribution is 5.66. The fourth-order valence-corrected chi connectivity index (χ4v) is 3.72. The molecule has 1 heteroatoms. The van der Waals surface area contributed by atoms with Gasteiger partial charge in [-0.15, -0.1) is 0 Å². The van der Waals surface area contributed by atoms with Crippen LogP contribution in [0.4, 0.5) is 0 Å². The summed E-state index contributed by atoms with van der Waals surface area (Å²) in [6, 6.07) is 8.75. The van der Waals surface area contributed by atoms with Crippen LogP contribution in [0.1, 0.15) is 90.5 Å². The second-order valence-electron chi connectivity index (χ2n) is 7.46.